The number of benzene rings is 1. The number of nitrogens with one attached hydrogen (secondary N) is 1. The summed E-state index contributed by atoms with van der Waals surface area (Å²) in [7, 11) is -3.62. The molecule has 25 heavy (non-hydrogen) atoms. The second kappa shape index (κ2) is 7.76. The third-order valence-corrected chi connectivity index (χ3v) is 6.08. The number of aryl methyl sites for hydroxylation is 2. The minimum Gasteiger partial charge on any atom is -0.306 e. The molecule has 0 fully saturated rings. The molecule has 134 valence electrons. The molecule has 0 spiro atoms. The van der Waals surface area contributed by atoms with Crippen molar-refractivity contribution in [3.63, 3.8) is 0 Å². The first kappa shape index (κ1) is 19.1. The molecular weight excluding hydrogens is 338 g/mol. The summed E-state index contributed by atoms with van der Waals surface area (Å²) in [5.74, 6) is 0.0831. The van der Waals surface area contributed by atoms with Crippen molar-refractivity contribution in [2.24, 2.45) is 0 Å². The fraction of sp³-hybridized carbons (Fsp3) is 0.333. The van der Waals surface area contributed by atoms with Gasteiger partial charge >= 0.3 is 0 Å². The number of rotatable bonds is 6. The normalized spacial score (nSPS) is 11.6. The van der Waals surface area contributed by atoms with Gasteiger partial charge in [0, 0.05) is 24.8 Å². The summed E-state index contributed by atoms with van der Waals surface area (Å²) in [5, 5.41) is 2.74. The van der Waals surface area contributed by atoms with Gasteiger partial charge in [-0.1, -0.05) is 26.0 Å². The van der Waals surface area contributed by atoms with Crippen molar-refractivity contribution in [1.29, 1.82) is 0 Å². The maximum Gasteiger partial charge on any atom is 0.257 e. The van der Waals surface area contributed by atoms with E-state index in [-0.39, 0.29) is 10.8 Å². The van der Waals surface area contributed by atoms with Crippen LogP contribution in [0.3, 0.4) is 0 Å². The number of anilines is 1. The largest absolute Gasteiger partial charge is 0.306 e. The van der Waals surface area contributed by atoms with Crippen LogP contribution in [0.2, 0.25) is 0 Å². The number of pyridine rings is 1. The van der Waals surface area contributed by atoms with Gasteiger partial charge in [0.1, 0.15) is 5.82 Å². The molecule has 0 aliphatic carbocycles. The average Bonchev–Trinajstić information content (AvgIpc) is 2.58. The highest BCUT2D eigenvalue weighted by Crippen LogP contribution is 2.21. The zero-order valence-corrected chi connectivity index (χ0v) is 15.7. The number of aromatic nitrogens is 1. The SMILES string of the molecule is CCN(CC)S(=O)(=O)c1ccc(C)c(C(=O)Nc2ncccc2C)c1. The Kier molecular flexibility index (Phi) is 5.92. The molecule has 1 heterocycles. The van der Waals surface area contributed by atoms with Gasteiger partial charge in [0.25, 0.3) is 5.91 Å². The monoisotopic (exact) mass is 361 g/mol. The van der Waals surface area contributed by atoms with Gasteiger partial charge in [0.05, 0.1) is 4.90 Å². The van der Waals surface area contributed by atoms with Crippen LogP contribution in [-0.4, -0.2) is 36.7 Å². The van der Waals surface area contributed by atoms with E-state index in [2.05, 4.69) is 10.3 Å². The molecule has 0 atom stereocenters. The summed E-state index contributed by atoms with van der Waals surface area (Å²) in [6.07, 6.45) is 1.59. The molecule has 6 nitrogen and oxygen atoms in total. The summed E-state index contributed by atoms with van der Waals surface area (Å²) in [6.45, 7) is 7.94. The van der Waals surface area contributed by atoms with Crippen LogP contribution in [0.4, 0.5) is 5.82 Å². The second-order valence-corrected chi connectivity index (χ2v) is 7.63. The van der Waals surface area contributed by atoms with E-state index in [0.29, 0.717) is 30.0 Å². The summed E-state index contributed by atoms with van der Waals surface area (Å²) in [6, 6.07) is 8.24. The lowest BCUT2D eigenvalue weighted by Gasteiger charge is -2.19. The summed E-state index contributed by atoms with van der Waals surface area (Å²) < 4.78 is 26.7. The number of carbonyl (C=O) groups is 1. The van der Waals surface area contributed by atoms with Crippen LogP contribution in [0, 0.1) is 13.8 Å². The quantitative estimate of drug-likeness (QED) is 0.858. The molecule has 2 aromatic rings. The van der Waals surface area contributed by atoms with E-state index in [1.165, 1.54) is 16.4 Å². The molecule has 7 heteroatoms. The molecule has 0 aliphatic rings. The van der Waals surface area contributed by atoms with Crippen LogP contribution in [0.15, 0.2) is 41.4 Å². The number of nitrogens with zero attached hydrogens (tertiary/aromatic N) is 2. The van der Waals surface area contributed by atoms with Gasteiger partial charge in [-0.2, -0.15) is 4.31 Å². The van der Waals surface area contributed by atoms with Crippen molar-refractivity contribution >= 4 is 21.7 Å². The molecular formula is C18H23N3O3S. The molecule has 1 aromatic heterocycles. The zero-order valence-electron chi connectivity index (χ0n) is 14.9. The first-order chi connectivity index (χ1) is 11.8. The fourth-order valence-corrected chi connectivity index (χ4v) is 3.99. The van der Waals surface area contributed by atoms with Crippen molar-refractivity contribution in [2.45, 2.75) is 32.6 Å². The lowest BCUT2D eigenvalue weighted by atomic mass is 10.1. The summed E-state index contributed by atoms with van der Waals surface area (Å²) >= 11 is 0. The van der Waals surface area contributed by atoms with E-state index in [1.54, 1.807) is 39.1 Å². The van der Waals surface area contributed by atoms with Crippen LogP contribution in [0.5, 0.6) is 0 Å². The van der Waals surface area contributed by atoms with Crippen LogP contribution < -0.4 is 5.32 Å². The minimum absolute atomic E-state index is 0.115. The maximum atomic E-state index is 12.7. The molecule has 0 bridgehead atoms. The fourth-order valence-electron chi connectivity index (χ4n) is 2.51. The Morgan fingerprint density at radius 2 is 1.80 bits per heavy atom. The number of hydrogen-bond donors (Lipinski definition) is 1. The highest BCUT2D eigenvalue weighted by molar-refractivity contribution is 7.89. The van der Waals surface area contributed by atoms with Crippen molar-refractivity contribution in [2.75, 3.05) is 18.4 Å². The number of carbonyl (C=O) groups excluding carboxylic acids is 1. The Morgan fingerprint density at radius 3 is 2.40 bits per heavy atom. The van der Waals surface area contributed by atoms with E-state index in [1.807, 2.05) is 13.0 Å². The minimum atomic E-state index is -3.62. The molecule has 1 aromatic carbocycles. The molecule has 0 saturated carbocycles. The van der Waals surface area contributed by atoms with Crippen molar-refractivity contribution in [1.82, 2.24) is 9.29 Å². The highest BCUT2D eigenvalue weighted by Gasteiger charge is 2.23. The lowest BCUT2D eigenvalue weighted by molar-refractivity contribution is 0.102. The zero-order chi connectivity index (χ0) is 18.6. The van der Waals surface area contributed by atoms with Crippen LogP contribution in [0.1, 0.15) is 35.3 Å². The first-order valence-electron chi connectivity index (χ1n) is 8.15. The first-order valence-corrected chi connectivity index (χ1v) is 9.59. The number of hydrogen-bond acceptors (Lipinski definition) is 4. The Hall–Kier alpha value is -2.25. The van der Waals surface area contributed by atoms with Crippen molar-refractivity contribution in [3.05, 3.63) is 53.2 Å². The molecule has 2 rings (SSSR count). The van der Waals surface area contributed by atoms with Crippen LogP contribution >= 0.6 is 0 Å². The molecule has 0 unspecified atom stereocenters. The predicted molar refractivity (Wildman–Crippen MR) is 98.2 cm³/mol. The molecule has 1 amide bonds. The maximum absolute atomic E-state index is 12.7. The van der Waals surface area contributed by atoms with Gasteiger partial charge < -0.3 is 5.32 Å². The Balaban J connectivity index is 2.39. The topological polar surface area (TPSA) is 79.4 Å². The van der Waals surface area contributed by atoms with E-state index in [9.17, 15) is 13.2 Å². The van der Waals surface area contributed by atoms with Crippen LogP contribution in [0.25, 0.3) is 0 Å². The van der Waals surface area contributed by atoms with E-state index in [0.717, 1.165) is 5.56 Å². The Morgan fingerprint density at radius 1 is 1.12 bits per heavy atom. The smallest absolute Gasteiger partial charge is 0.257 e. The number of sulfonamides is 1. The summed E-state index contributed by atoms with van der Waals surface area (Å²) in [4.78, 5) is 16.9. The van der Waals surface area contributed by atoms with Crippen molar-refractivity contribution < 1.29 is 13.2 Å². The molecule has 1 N–H and O–H groups in total. The summed E-state index contributed by atoms with van der Waals surface area (Å²) in [5.41, 5.74) is 1.85. The predicted octanol–water partition coefficient (Wildman–Crippen LogP) is 2.98. The third kappa shape index (κ3) is 4.05. The Labute approximate surface area is 148 Å². The van der Waals surface area contributed by atoms with E-state index < -0.39 is 10.0 Å². The lowest BCUT2D eigenvalue weighted by Crippen LogP contribution is -2.30. The molecule has 0 aliphatic heterocycles. The number of amides is 1. The van der Waals surface area contributed by atoms with Crippen molar-refractivity contribution in [3.8, 4) is 0 Å². The van der Waals surface area contributed by atoms with Gasteiger partial charge in [-0.25, -0.2) is 13.4 Å². The van der Waals surface area contributed by atoms with Crippen LogP contribution in [-0.2, 0) is 10.0 Å². The van der Waals surface area contributed by atoms with Gasteiger partial charge in [0.15, 0.2) is 0 Å². The Bertz CT molecular complexity index is 875. The highest BCUT2D eigenvalue weighted by atomic mass is 32.2. The average molecular weight is 361 g/mol. The molecule has 0 saturated heterocycles. The van der Waals surface area contributed by atoms with Gasteiger partial charge in [-0.05, 0) is 43.2 Å². The standard InChI is InChI=1S/C18H23N3O3S/c1-5-21(6-2)25(23,24)15-10-9-13(3)16(12-15)18(22)20-17-14(4)8-7-11-19-17/h7-12H,5-6H2,1-4H3,(H,19,20,22). The van der Waals surface area contributed by atoms with E-state index >= 15 is 0 Å². The molecule has 0 radical (unpaired) electrons. The van der Waals surface area contributed by atoms with Gasteiger partial charge in [-0.15, -0.1) is 0 Å². The van der Waals surface area contributed by atoms with E-state index in [4.69, 9.17) is 0 Å². The second-order valence-electron chi connectivity index (χ2n) is 5.69. The van der Waals surface area contributed by atoms with Gasteiger partial charge in [-0.3, -0.25) is 4.79 Å². The third-order valence-electron chi connectivity index (χ3n) is 4.04. The van der Waals surface area contributed by atoms with Gasteiger partial charge in [0.2, 0.25) is 10.0 Å².